The van der Waals surface area contributed by atoms with Gasteiger partial charge in [-0.3, -0.25) is 0 Å². The molecule has 0 bridgehead atoms. The fourth-order valence-electron chi connectivity index (χ4n) is 2.21. The Hall–Kier alpha value is -2.58. The van der Waals surface area contributed by atoms with Crippen molar-refractivity contribution in [2.75, 3.05) is 19.1 Å². The second-order valence-corrected chi connectivity index (χ2v) is 7.26. The van der Waals surface area contributed by atoms with Gasteiger partial charge < -0.3 is 14.4 Å². The molecular formula is C16H14ClNO6S. The van der Waals surface area contributed by atoms with Gasteiger partial charge in [-0.2, -0.15) is 0 Å². The highest BCUT2D eigenvalue weighted by Gasteiger charge is 2.30. The van der Waals surface area contributed by atoms with Crippen LogP contribution in [-0.4, -0.2) is 34.6 Å². The normalized spacial score (nSPS) is 14.3. The largest absolute Gasteiger partial charge is 0.465 e. The molecule has 1 aliphatic rings. The minimum Gasteiger partial charge on any atom is -0.465 e. The van der Waals surface area contributed by atoms with Crippen LogP contribution in [-0.2, 0) is 28.1 Å². The smallest absolute Gasteiger partial charge is 0.355 e. The molecule has 0 spiro atoms. The van der Waals surface area contributed by atoms with Crippen molar-refractivity contribution in [2.24, 2.45) is 0 Å². The van der Waals surface area contributed by atoms with Crippen molar-refractivity contribution >= 4 is 37.4 Å². The SMILES string of the molecule is COC(=O)C1=C(C(=O)OC)N(c2ccccc2S(=O)(=O)Cl)C=CC=C1. The molecule has 7 nitrogen and oxygen atoms in total. The lowest BCUT2D eigenvalue weighted by atomic mass is 10.1. The van der Waals surface area contributed by atoms with Gasteiger partial charge in [-0.05, 0) is 24.3 Å². The Morgan fingerprint density at radius 1 is 1.04 bits per heavy atom. The van der Waals surface area contributed by atoms with Crippen LogP contribution in [0.3, 0.4) is 0 Å². The number of allylic oxidation sites excluding steroid dienone is 2. The Morgan fingerprint density at radius 2 is 1.68 bits per heavy atom. The summed E-state index contributed by atoms with van der Waals surface area (Å²) in [5, 5.41) is 0. The molecule has 1 aromatic carbocycles. The monoisotopic (exact) mass is 383 g/mol. The summed E-state index contributed by atoms with van der Waals surface area (Å²) in [4.78, 5) is 25.4. The van der Waals surface area contributed by atoms with E-state index in [0.29, 0.717) is 0 Å². The maximum atomic E-state index is 12.3. The molecule has 0 saturated carbocycles. The Kier molecular flexibility index (Phi) is 5.66. The average molecular weight is 384 g/mol. The zero-order valence-corrected chi connectivity index (χ0v) is 14.9. The van der Waals surface area contributed by atoms with Crippen LogP contribution in [0.5, 0.6) is 0 Å². The van der Waals surface area contributed by atoms with Crippen LogP contribution in [0.1, 0.15) is 0 Å². The van der Waals surface area contributed by atoms with E-state index in [1.165, 1.54) is 47.5 Å². The van der Waals surface area contributed by atoms with Gasteiger partial charge in [0.2, 0.25) is 0 Å². The third-order valence-corrected chi connectivity index (χ3v) is 4.65. The van der Waals surface area contributed by atoms with Crippen molar-refractivity contribution < 1.29 is 27.5 Å². The number of carbonyl (C=O) groups excluding carboxylic acids is 2. The third kappa shape index (κ3) is 3.92. The quantitative estimate of drug-likeness (QED) is 0.581. The number of halogens is 1. The second-order valence-electron chi connectivity index (χ2n) is 4.72. The van der Waals surface area contributed by atoms with E-state index in [4.69, 9.17) is 20.2 Å². The van der Waals surface area contributed by atoms with Crippen LogP contribution in [0.25, 0.3) is 0 Å². The number of hydrogen-bond donors (Lipinski definition) is 0. The number of carbonyl (C=O) groups is 2. The molecule has 0 N–H and O–H groups in total. The van der Waals surface area contributed by atoms with Crippen LogP contribution in [0.15, 0.2) is 64.9 Å². The number of benzene rings is 1. The van der Waals surface area contributed by atoms with Crippen molar-refractivity contribution in [2.45, 2.75) is 4.90 Å². The summed E-state index contributed by atoms with van der Waals surface area (Å²) in [6.45, 7) is 0. The first kappa shape index (κ1) is 18.8. The molecule has 0 atom stereocenters. The summed E-state index contributed by atoms with van der Waals surface area (Å²) in [5.41, 5.74) is -0.215. The second kappa shape index (κ2) is 7.54. The number of para-hydroxylation sites is 1. The van der Waals surface area contributed by atoms with Gasteiger partial charge in [0.1, 0.15) is 10.6 Å². The molecule has 0 saturated heterocycles. The fraction of sp³-hybridized carbons (Fsp3) is 0.125. The molecule has 1 aromatic rings. The number of ether oxygens (including phenoxy) is 2. The highest BCUT2D eigenvalue weighted by atomic mass is 35.7. The first-order chi connectivity index (χ1) is 11.8. The maximum absolute atomic E-state index is 12.3. The Bertz CT molecular complexity index is 901. The highest BCUT2D eigenvalue weighted by molar-refractivity contribution is 8.13. The Balaban J connectivity index is 2.79. The third-order valence-electron chi connectivity index (χ3n) is 3.28. The highest BCUT2D eigenvalue weighted by Crippen LogP contribution is 2.33. The first-order valence-corrected chi connectivity index (χ1v) is 9.21. The Morgan fingerprint density at radius 3 is 2.28 bits per heavy atom. The van der Waals surface area contributed by atoms with E-state index >= 15 is 0 Å². The van der Waals surface area contributed by atoms with Crippen LogP contribution in [0.4, 0.5) is 5.69 Å². The van der Waals surface area contributed by atoms with Crippen molar-refractivity contribution in [1.82, 2.24) is 0 Å². The predicted molar refractivity (Wildman–Crippen MR) is 91.3 cm³/mol. The molecule has 0 amide bonds. The summed E-state index contributed by atoms with van der Waals surface area (Å²) < 4.78 is 33.2. The minimum absolute atomic E-state index is 0.0826. The molecule has 25 heavy (non-hydrogen) atoms. The van der Waals surface area contributed by atoms with E-state index in [1.807, 2.05) is 0 Å². The van der Waals surface area contributed by atoms with Crippen LogP contribution in [0.2, 0.25) is 0 Å². The summed E-state index contributed by atoms with van der Waals surface area (Å²) in [6, 6.07) is 5.79. The van der Waals surface area contributed by atoms with E-state index in [0.717, 1.165) is 14.2 Å². The van der Waals surface area contributed by atoms with Crippen LogP contribution in [0, 0.1) is 0 Å². The molecule has 132 valence electrons. The summed E-state index contributed by atoms with van der Waals surface area (Å²) >= 11 is 0. The summed E-state index contributed by atoms with van der Waals surface area (Å²) in [7, 11) is 3.69. The van der Waals surface area contributed by atoms with E-state index in [-0.39, 0.29) is 21.9 Å². The predicted octanol–water partition coefficient (Wildman–Crippen LogP) is 2.10. The standard InChI is InChI=1S/C16H14ClNO6S/c1-23-15(19)11-7-5-6-10-18(14(11)16(20)24-2)12-8-3-4-9-13(12)25(17,21)22/h3-10H,1-2H3. The van der Waals surface area contributed by atoms with Crippen molar-refractivity contribution in [3.8, 4) is 0 Å². The average Bonchev–Trinajstić information content (AvgIpc) is 2.82. The lowest BCUT2D eigenvalue weighted by Gasteiger charge is -2.24. The lowest BCUT2D eigenvalue weighted by molar-refractivity contribution is -0.139. The summed E-state index contributed by atoms with van der Waals surface area (Å²) in [5.74, 6) is -1.63. The van der Waals surface area contributed by atoms with Crippen molar-refractivity contribution in [3.05, 3.63) is 60.0 Å². The van der Waals surface area contributed by atoms with Gasteiger partial charge >= 0.3 is 11.9 Å². The number of methoxy groups -OCH3 is 2. The lowest BCUT2D eigenvalue weighted by Crippen LogP contribution is -2.27. The number of hydrogen-bond acceptors (Lipinski definition) is 7. The topological polar surface area (TPSA) is 90.0 Å². The van der Waals surface area contributed by atoms with Crippen molar-refractivity contribution in [1.29, 1.82) is 0 Å². The number of nitrogens with zero attached hydrogens (tertiary/aromatic N) is 1. The molecule has 0 radical (unpaired) electrons. The fourth-order valence-corrected chi connectivity index (χ4v) is 3.26. The van der Waals surface area contributed by atoms with E-state index in [9.17, 15) is 18.0 Å². The van der Waals surface area contributed by atoms with E-state index in [1.54, 1.807) is 6.07 Å². The molecule has 0 aliphatic carbocycles. The van der Waals surface area contributed by atoms with Gasteiger partial charge in [-0.1, -0.05) is 18.2 Å². The number of rotatable bonds is 4. The van der Waals surface area contributed by atoms with Crippen molar-refractivity contribution in [3.63, 3.8) is 0 Å². The molecule has 1 aliphatic heterocycles. The van der Waals surface area contributed by atoms with Gasteiger partial charge in [0.15, 0.2) is 0 Å². The minimum atomic E-state index is -4.11. The van der Waals surface area contributed by atoms with Gasteiger partial charge in [0.25, 0.3) is 9.05 Å². The number of esters is 2. The molecule has 1 heterocycles. The molecule has 2 rings (SSSR count). The summed E-state index contributed by atoms with van der Waals surface area (Å²) in [6.07, 6.45) is 5.81. The molecular weight excluding hydrogens is 370 g/mol. The maximum Gasteiger partial charge on any atom is 0.355 e. The van der Waals surface area contributed by atoms with Crippen LogP contribution < -0.4 is 4.90 Å². The van der Waals surface area contributed by atoms with Gasteiger partial charge in [-0.25, -0.2) is 18.0 Å². The molecule has 0 unspecified atom stereocenters. The first-order valence-electron chi connectivity index (χ1n) is 6.90. The van der Waals surface area contributed by atoms with E-state index in [2.05, 4.69) is 0 Å². The molecule has 9 heteroatoms. The number of anilines is 1. The van der Waals surface area contributed by atoms with E-state index < -0.39 is 21.0 Å². The van der Waals surface area contributed by atoms with Gasteiger partial charge in [0, 0.05) is 16.9 Å². The van der Waals surface area contributed by atoms with Gasteiger partial charge in [0.05, 0.1) is 25.5 Å². The van der Waals surface area contributed by atoms with Gasteiger partial charge in [-0.15, -0.1) is 0 Å². The molecule has 0 aromatic heterocycles. The molecule has 0 fully saturated rings. The zero-order chi connectivity index (χ0) is 18.6. The Labute approximate surface area is 149 Å². The van der Waals surface area contributed by atoms with Crippen LogP contribution >= 0.6 is 10.7 Å². The zero-order valence-electron chi connectivity index (χ0n) is 13.3.